The van der Waals surface area contributed by atoms with Gasteiger partial charge in [-0.1, -0.05) is 6.92 Å². The van der Waals surface area contributed by atoms with Crippen molar-refractivity contribution in [2.75, 3.05) is 19.0 Å². The number of aryl methyl sites for hydroxylation is 1. The van der Waals surface area contributed by atoms with Crippen LogP contribution < -0.4 is 15.8 Å². The van der Waals surface area contributed by atoms with Gasteiger partial charge in [0.15, 0.2) is 0 Å². The van der Waals surface area contributed by atoms with Gasteiger partial charge >= 0.3 is 0 Å². The molecule has 1 fully saturated rings. The fourth-order valence-electron chi connectivity index (χ4n) is 2.07. The van der Waals surface area contributed by atoms with Crippen LogP contribution in [0.4, 0.5) is 5.69 Å². The molecule has 4 heteroatoms. The molecule has 0 spiro atoms. The predicted octanol–water partition coefficient (Wildman–Crippen LogP) is 1.94. The van der Waals surface area contributed by atoms with Gasteiger partial charge in [-0.15, -0.1) is 0 Å². The number of carbonyl (C=O) groups is 1. The maximum absolute atomic E-state index is 12.1. The van der Waals surface area contributed by atoms with Gasteiger partial charge in [-0.3, -0.25) is 4.79 Å². The number of methoxy groups -OCH3 is 1. The number of anilines is 1. The number of ether oxygens (including phenoxy) is 1. The second-order valence-electron chi connectivity index (χ2n) is 4.82. The molecule has 3 N–H and O–H groups in total. The molecule has 0 heterocycles. The summed E-state index contributed by atoms with van der Waals surface area (Å²) in [7, 11) is 1.65. The first-order valence-corrected chi connectivity index (χ1v) is 6.33. The van der Waals surface area contributed by atoms with Crippen LogP contribution in [0.1, 0.15) is 25.3 Å². The maximum Gasteiger partial charge on any atom is 0.231 e. The molecule has 18 heavy (non-hydrogen) atoms. The summed E-state index contributed by atoms with van der Waals surface area (Å²) in [6.45, 7) is 2.49. The third-order valence-corrected chi connectivity index (χ3v) is 3.65. The number of amides is 1. The molecule has 0 bridgehead atoms. The second kappa shape index (κ2) is 4.98. The van der Waals surface area contributed by atoms with E-state index >= 15 is 0 Å². The van der Waals surface area contributed by atoms with E-state index in [1.54, 1.807) is 7.11 Å². The van der Waals surface area contributed by atoms with Gasteiger partial charge in [0.2, 0.25) is 5.91 Å². The Balaban J connectivity index is 2.12. The Labute approximate surface area is 108 Å². The molecular weight excluding hydrogens is 228 g/mol. The minimum absolute atomic E-state index is 0.0391. The third-order valence-electron chi connectivity index (χ3n) is 3.65. The molecule has 98 valence electrons. The zero-order valence-electron chi connectivity index (χ0n) is 11.0. The molecule has 0 saturated heterocycles. The van der Waals surface area contributed by atoms with Crippen LogP contribution in [0.5, 0.6) is 5.75 Å². The van der Waals surface area contributed by atoms with Crippen molar-refractivity contribution in [2.45, 2.75) is 26.2 Å². The van der Waals surface area contributed by atoms with E-state index < -0.39 is 0 Å². The Morgan fingerprint density at radius 3 is 2.72 bits per heavy atom. The average Bonchev–Trinajstić information content (AvgIpc) is 3.19. The van der Waals surface area contributed by atoms with Crippen LogP contribution in [-0.4, -0.2) is 19.6 Å². The molecule has 0 atom stereocenters. The van der Waals surface area contributed by atoms with Crippen molar-refractivity contribution in [3.8, 4) is 5.75 Å². The molecule has 1 aliphatic rings. The Morgan fingerprint density at radius 1 is 1.50 bits per heavy atom. The number of carbonyl (C=O) groups excluding carboxylic acids is 1. The first-order chi connectivity index (χ1) is 8.65. The first kappa shape index (κ1) is 12.9. The summed E-state index contributed by atoms with van der Waals surface area (Å²) < 4.78 is 5.26. The number of hydrogen-bond acceptors (Lipinski definition) is 3. The normalized spacial score (nSPS) is 16.2. The molecule has 0 radical (unpaired) electrons. The van der Waals surface area contributed by atoms with Crippen molar-refractivity contribution >= 4 is 11.6 Å². The highest BCUT2D eigenvalue weighted by Gasteiger charge is 2.48. The Morgan fingerprint density at radius 2 is 2.22 bits per heavy atom. The summed E-state index contributed by atoms with van der Waals surface area (Å²) in [4.78, 5) is 12.1. The van der Waals surface area contributed by atoms with Crippen molar-refractivity contribution in [3.05, 3.63) is 23.8 Å². The topological polar surface area (TPSA) is 64.4 Å². The largest absolute Gasteiger partial charge is 0.496 e. The molecular formula is C14H20N2O2. The van der Waals surface area contributed by atoms with Gasteiger partial charge in [0.25, 0.3) is 0 Å². The number of nitrogens with one attached hydrogen (secondary N) is 1. The lowest BCUT2D eigenvalue weighted by molar-refractivity contribution is -0.120. The Hall–Kier alpha value is -1.55. The van der Waals surface area contributed by atoms with Crippen molar-refractivity contribution in [2.24, 2.45) is 11.1 Å². The predicted molar refractivity (Wildman–Crippen MR) is 71.7 cm³/mol. The zero-order chi connectivity index (χ0) is 13.2. The molecule has 1 amide bonds. The van der Waals surface area contributed by atoms with Crippen molar-refractivity contribution < 1.29 is 9.53 Å². The molecule has 1 aromatic rings. The summed E-state index contributed by atoms with van der Waals surface area (Å²) in [5.41, 5.74) is 7.24. The second-order valence-corrected chi connectivity index (χ2v) is 4.82. The maximum atomic E-state index is 12.1. The quantitative estimate of drug-likeness (QED) is 0.837. The molecule has 0 unspecified atom stereocenters. The average molecular weight is 248 g/mol. The first-order valence-electron chi connectivity index (χ1n) is 6.33. The molecule has 0 aliphatic heterocycles. The van der Waals surface area contributed by atoms with Crippen LogP contribution in [0.3, 0.4) is 0 Å². The summed E-state index contributed by atoms with van der Waals surface area (Å²) in [5, 5.41) is 2.95. The fourth-order valence-corrected chi connectivity index (χ4v) is 2.07. The van der Waals surface area contributed by atoms with Gasteiger partial charge in [-0.05, 0) is 43.0 Å². The van der Waals surface area contributed by atoms with Gasteiger partial charge < -0.3 is 15.8 Å². The number of benzene rings is 1. The summed E-state index contributed by atoms with van der Waals surface area (Å²) >= 11 is 0. The van der Waals surface area contributed by atoms with E-state index in [0.717, 1.165) is 36.3 Å². The summed E-state index contributed by atoms with van der Waals surface area (Å²) in [6.07, 6.45) is 2.66. The molecule has 1 aliphatic carbocycles. The van der Waals surface area contributed by atoms with Crippen LogP contribution in [0, 0.1) is 5.41 Å². The third kappa shape index (κ3) is 2.34. The highest BCUT2D eigenvalue weighted by Crippen LogP contribution is 2.45. The van der Waals surface area contributed by atoms with E-state index in [0.29, 0.717) is 6.54 Å². The van der Waals surface area contributed by atoms with Crippen LogP contribution in [0.2, 0.25) is 0 Å². The van der Waals surface area contributed by atoms with E-state index in [9.17, 15) is 4.79 Å². The van der Waals surface area contributed by atoms with Crippen molar-refractivity contribution in [3.63, 3.8) is 0 Å². The van der Waals surface area contributed by atoms with E-state index in [4.69, 9.17) is 10.5 Å². The van der Waals surface area contributed by atoms with Gasteiger partial charge in [0, 0.05) is 12.2 Å². The van der Waals surface area contributed by atoms with E-state index in [-0.39, 0.29) is 11.3 Å². The smallest absolute Gasteiger partial charge is 0.231 e. The van der Waals surface area contributed by atoms with Gasteiger partial charge in [0.1, 0.15) is 5.75 Å². The van der Waals surface area contributed by atoms with Gasteiger partial charge in [-0.2, -0.15) is 0 Å². The lowest BCUT2D eigenvalue weighted by atomic mass is 10.1. The van der Waals surface area contributed by atoms with E-state index in [2.05, 4.69) is 12.2 Å². The van der Waals surface area contributed by atoms with Crippen LogP contribution >= 0.6 is 0 Å². The van der Waals surface area contributed by atoms with E-state index in [1.165, 1.54) is 0 Å². The minimum Gasteiger partial charge on any atom is -0.496 e. The Kier molecular flexibility index (Phi) is 3.57. The van der Waals surface area contributed by atoms with Crippen molar-refractivity contribution in [1.29, 1.82) is 0 Å². The fraction of sp³-hybridized carbons (Fsp3) is 0.500. The minimum atomic E-state index is -0.313. The standard InChI is InChI=1S/C14H20N2O2/c1-3-10-8-11(4-5-12(10)18-2)16-13(17)14(9-15)6-7-14/h4-5,8H,3,6-7,9,15H2,1-2H3,(H,16,17). The number of hydrogen-bond donors (Lipinski definition) is 2. The van der Waals surface area contributed by atoms with Crippen LogP contribution in [0.25, 0.3) is 0 Å². The molecule has 4 nitrogen and oxygen atoms in total. The lowest BCUT2D eigenvalue weighted by Gasteiger charge is -2.14. The number of rotatable bonds is 5. The summed E-state index contributed by atoms with van der Waals surface area (Å²) in [6, 6.07) is 5.71. The van der Waals surface area contributed by atoms with Crippen LogP contribution in [-0.2, 0) is 11.2 Å². The number of nitrogens with two attached hydrogens (primary N) is 1. The lowest BCUT2D eigenvalue weighted by Crippen LogP contribution is -2.30. The van der Waals surface area contributed by atoms with E-state index in [1.807, 2.05) is 18.2 Å². The molecule has 1 saturated carbocycles. The monoisotopic (exact) mass is 248 g/mol. The summed E-state index contributed by atoms with van der Waals surface area (Å²) in [5.74, 6) is 0.896. The van der Waals surface area contributed by atoms with Crippen molar-refractivity contribution in [1.82, 2.24) is 0 Å². The van der Waals surface area contributed by atoms with Gasteiger partial charge in [-0.25, -0.2) is 0 Å². The molecule has 0 aromatic heterocycles. The highest BCUT2D eigenvalue weighted by molar-refractivity contribution is 5.97. The molecule has 2 rings (SSSR count). The highest BCUT2D eigenvalue weighted by atomic mass is 16.5. The SMILES string of the molecule is CCc1cc(NC(=O)C2(CN)CC2)ccc1OC. The van der Waals surface area contributed by atoms with Gasteiger partial charge in [0.05, 0.1) is 12.5 Å². The molecule has 1 aromatic carbocycles. The zero-order valence-corrected chi connectivity index (χ0v) is 11.0. The Bertz CT molecular complexity index is 453. The van der Waals surface area contributed by atoms with Crippen LogP contribution in [0.15, 0.2) is 18.2 Å².